The zero-order valence-corrected chi connectivity index (χ0v) is 12.8. The highest BCUT2D eigenvalue weighted by atomic mass is 79.9. The van der Waals surface area contributed by atoms with Crippen LogP contribution in [0.25, 0.3) is 0 Å². The Labute approximate surface area is 127 Å². The molecule has 0 fully saturated rings. The SMILES string of the molecule is COCc1cccc(CNc2ccc(C#N)cc2Br)c1. The number of ether oxygens (including phenoxy) is 1. The van der Waals surface area contributed by atoms with E-state index < -0.39 is 0 Å². The molecular weight excluding hydrogens is 316 g/mol. The van der Waals surface area contributed by atoms with Crippen molar-refractivity contribution in [2.45, 2.75) is 13.2 Å². The molecule has 0 radical (unpaired) electrons. The molecule has 2 rings (SSSR count). The van der Waals surface area contributed by atoms with E-state index in [1.807, 2.05) is 24.3 Å². The summed E-state index contributed by atoms with van der Waals surface area (Å²) in [4.78, 5) is 0. The zero-order valence-electron chi connectivity index (χ0n) is 11.2. The second-order valence-electron chi connectivity index (χ2n) is 4.41. The van der Waals surface area contributed by atoms with Crippen molar-refractivity contribution in [3.05, 3.63) is 63.6 Å². The number of rotatable bonds is 5. The summed E-state index contributed by atoms with van der Waals surface area (Å²) in [5.74, 6) is 0. The highest BCUT2D eigenvalue weighted by Crippen LogP contribution is 2.24. The minimum atomic E-state index is 0.619. The van der Waals surface area contributed by atoms with E-state index in [1.54, 1.807) is 13.2 Å². The Morgan fingerprint density at radius 2 is 2.00 bits per heavy atom. The fraction of sp³-hybridized carbons (Fsp3) is 0.188. The molecule has 0 bridgehead atoms. The normalized spacial score (nSPS) is 10.1. The first-order valence-corrected chi connectivity index (χ1v) is 7.02. The van der Waals surface area contributed by atoms with Gasteiger partial charge in [-0.15, -0.1) is 0 Å². The number of nitriles is 1. The number of halogens is 1. The fourth-order valence-corrected chi connectivity index (χ4v) is 2.44. The maximum atomic E-state index is 8.84. The van der Waals surface area contributed by atoms with Crippen LogP contribution >= 0.6 is 15.9 Å². The van der Waals surface area contributed by atoms with Crippen LogP contribution in [0.3, 0.4) is 0 Å². The molecule has 0 aliphatic carbocycles. The molecule has 4 heteroatoms. The van der Waals surface area contributed by atoms with Gasteiger partial charge in [0, 0.05) is 23.8 Å². The topological polar surface area (TPSA) is 45.0 Å². The lowest BCUT2D eigenvalue weighted by Gasteiger charge is -2.10. The number of benzene rings is 2. The molecule has 0 atom stereocenters. The van der Waals surface area contributed by atoms with Gasteiger partial charge in [-0.1, -0.05) is 24.3 Å². The van der Waals surface area contributed by atoms with Crippen molar-refractivity contribution in [3.8, 4) is 6.07 Å². The summed E-state index contributed by atoms with van der Waals surface area (Å²) in [6.07, 6.45) is 0. The summed E-state index contributed by atoms with van der Waals surface area (Å²) < 4.78 is 6.02. The van der Waals surface area contributed by atoms with Gasteiger partial charge in [0.15, 0.2) is 0 Å². The molecule has 0 heterocycles. The summed E-state index contributed by atoms with van der Waals surface area (Å²) >= 11 is 3.47. The molecule has 2 aromatic carbocycles. The van der Waals surface area contributed by atoms with Gasteiger partial charge in [-0.05, 0) is 45.3 Å². The van der Waals surface area contributed by atoms with Crippen LogP contribution in [0.5, 0.6) is 0 Å². The van der Waals surface area contributed by atoms with E-state index in [9.17, 15) is 0 Å². The van der Waals surface area contributed by atoms with E-state index in [-0.39, 0.29) is 0 Å². The van der Waals surface area contributed by atoms with E-state index in [1.165, 1.54) is 5.56 Å². The van der Waals surface area contributed by atoms with E-state index >= 15 is 0 Å². The molecule has 2 aromatic rings. The molecule has 0 saturated heterocycles. The van der Waals surface area contributed by atoms with E-state index in [0.29, 0.717) is 12.2 Å². The lowest BCUT2D eigenvalue weighted by atomic mass is 10.1. The third-order valence-corrected chi connectivity index (χ3v) is 3.54. The van der Waals surface area contributed by atoms with Crippen molar-refractivity contribution in [2.75, 3.05) is 12.4 Å². The highest BCUT2D eigenvalue weighted by Gasteiger charge is 2.02. The average Bonchev–Trinajstić information content (AvgIpc) is 2.46. The van der Waals surface area contributed by atoms with E-state index in [2.05, 4.69) is 39.4 Å². The molecule has 0 amide bonds. The Morgan fingerprint density at radius 3 is 2.70 bits per heavy atom. The van der Waals surface area contributed by atoms with Crippen LogP contribution < -0.4 is 5.32 Å². The van der Waals surface area contributed by atoms with Crippen molar-refractivity contribution < 1.29 is 4.74 Å². The summed E-state index contributed by atoms with van der Waals surface area (Å²) in [6.45, 7) is 1.34. The molecule has 0 saturated carbocycles. The van der Waals surface area contributed by atoms with Crippen LogP contribution in [0.4, 0.5) is 5.69 Å². The molecular formula is C16H15BrN2O. The van der Waals surface area contributed by atoms with Gasteiger partial charge in [-0.25, -0.2) is 0 Å². The van der Waals surface area contributed by atoms with Crippen molar-refractivity contribution in [1.82, 2.24) is 0 Å². The van der Waals surface area contributed by atoms with Crippen LogP contribution in [0.1, 0.15) is 16.7 Å². The third kappa shape index (κ3) is 3.83. The lowest BCUT2D eigenvalue weighted by molar-refractivity contribution is 0.185. The van der Waals surface area contributed by atoms with Crippen molar-refractivity contribution in [1.29, 1.82) is 5.26 Å². The highest BCUT2D eigenvalue weighted by molar-refractivity contribution is 9.10. The molecule has 0 spiro atoms. The molecule has 3 nitrogen and oxygen atoms in total. The van der Waals surface area contributed by atoms with Crippen molar-refractivity contribution >= 4 is 21.6 Å². The van der Waals surface area contributed by atoms with Crippen molar-refractivity contribution in [2.24, 2.45) is 0 Å². The first-order chi connectivity index (χ1) is 9.72. The summed E-state index contributed by atoms with van der Waals surface area (Å²) in [5, 5.41) is 12.2. The first-order valence-electron chi connectivity index (χ1n) is 6.23. The average molecular weight is 331 g/mol. The van der Waals surface area contributed by atoms with Crippen LogP contribution in [0.15, 0.2) is 46.9 Å². The van der Waals surface area contributed by atoms with Gasteiger partial charge in [-0.3, -0.25) is 0 Å². The Bertz CT molecular complexity index is 635. The number of nitrogens with one attached hydrogen (secondary N) is 1. The van der Waals surface area contributed by atoms with Gasteiger partial charge in [0.25, 0.3) is 0 Å². The second-order valence-corrected chi connectivity index (χ2v) is 5.27. The van der Waals surface area contributed by atoms with Gasteiger partial charge in [-0.2, -0.15) is 5.26 Å². The maximum absolute atomic E-state index is 8.84. The number of methoxy groups -OCH3 is 1. The molecule has 0 aliphatic rings. The zero-order chi connectivity index (χ0) is 14.4. The smallest absolute Gasteiger partial charge is 0.0992 e. The molecule has 0 aromatic heterocycles. The molecule has 102 valence electrons. The molecule has 1 N–H and O–H groups in total. The van der Waals surface area contributed by atoms with Gasteiger partial charge >= 0.3 is 0 Å². The fourth-order valence-electron chi connectivity index (χ4n) is 1.92. The lowest BCUT2D eigenvalue weighted by Crippen LogP contribution is -2.01. The Hall–Kier alpha value is -1.83. The van der Waals surface area contributed by atoms with Gasteiger partial charge in [0.2, 0.25) is 0 Å². The molecule has 20 heavy (non-hydrogen) atoms. The van der Waals surface area contributed by atoms with Crippen LogP contribution in [-0.4, -0.2) is 7.11 Å². The number of nitrogens with zero attached hydrogens (tertiary/aromatic N) is 1. The minimum Gasteiger partial charge on any atom is -0.380 e. The predicted molar refractivity (Wildman–Crippen MR) is 83.3 cm³/mol. The largest absolute Gasteiger partial charge is 0.380 e. The van der Waals surface area contributed by atoms with Gasteiger partial charge in [0.05, 0.1) is 18.2 Å². The van der Waals surface area contributed by atoms with E-state index in [4.69, 9.17) is 10.00 Å². The summed E-state index contributed by atoms with van der Waals surface area (Å²) in [6, 6.07) is 15.9. The Morgan fingerprint density at radius 1 is 1.20 bits per heavy atom. The minimum absolute atomic E-state index is 0.619. The van der Waals surface area contributed by atoms with E-state index in [0.717, 1.165) is 22.3 Å². The predicted octanol–water partition coefficient (Wildman–Crippen LogP) is 4.08. The van der Waals surface area contributed by atoms with Gasteiger partial charge in [0.1, 0.15) is 0 Å². The molecule has 0 aliphatic heterocycles. The summed E-state index contributed by atoms with van der Waals surface area (Å²) in [7, 11) is 1.69. The molecule has 0 unspecified atom stereocenters. The monoisotopic (exact) mass is 330 g/mol. The third-order valence-electron chi connectivity index (χ3n) is 2.88. The van der Waals surface area contributed by atoms with Crippen molar-refractivity contribution in [3.63, 3.8) is 0 Å². The Kier molecular flexibility index (Phi) is 5.16. The van der Waals surface area contributed by atoms with Crippen LogP contribution in [0, 0.1) is 11.3 Å². The summed E-state index contributed by atoms with van der Waals surface area (Å²) in [5.41, 5.74) is 3.96. The van der Waals surface area contributed by atoms with Gasteiger partial charge < -0.3 is 10.1 Å². The number of hydrogen-bond acceptors (Lipinski definition) is 3. The quantitative estimate of drug-likeness (QED) is 0.898. The second kappa shape index (κ2) is 7.09. The van der Waals surface area contributed by atoms with Crippen LogP contribution in [0.2, 0.25) is 0 Å². The Balaban J connectivity index is 2.05. The maximum Gasteiger partial charge on any atom is 0.0992 e. The van der Waals surface area contributed by atoms with Crippen LogP contribution in [-0.2, 0) is 17.9 Å². The number of anilines is 1. The number of hydrogen-bond donors (Lipinski definition) is 1. The standard InChI is InChI=1S/C16H15BrN2O/c1-20-11-14-4-2-3-13(7-14)10-19-16-6-5-12(9-18)8-15(16)17/h2-8,19H,10-11H2,1H3. The first kappa shape index (κ1) is 14.6.